The van der Waals surface area contributed by atoms with Crippen LogP contribution in [0.1, 0.15) is 59.8 Å². The first-order valence-electron chi connectivity index (χ1n) is 7.16. The van der Waals surface area contributed by atoms with Gasteiger partial charge >= 0.3 is 0 Å². The largest absolute Gasteiger partial charge is 0.310 e. The quantitative estimate of drug-likeness (QED) is 0.718. The van der Waals surface area contributed by atoms with E-state index in [-0.39, 0.29) is 0 Å². The number of nitrogens with zero attached hydrogens (tertiary/aromatic N) is 1. The van der Waals surface area contributed by atoms with E-state index >= 15 is 0 Å². The van der Waals surface area contributed by atoms with Crippen LogP contribution in [0.25, 0.3) is 0 Å². The van der Waals surface area contributed by atoms with Crippen LogP contribution in [0.3, 0.4) is 0 Å². The van der Waals surface area contributed by atoms with E-state index in [1.54, 1.807) is 0 Å². The summed E-state index contributed by atoms with van der Waals surface area (Å²) >= 11 is 0. The summed E-state index contributed by atoms with van der Waals surface area (Å²) in [6.45, 7) is 12.9. The zero-order chi connectivity index (χ0) is 12.0. The van der Waals surface area contributed by atoms with E-state index < -0.39 is 0 Å². The summed E-state index contributed by atoms with van der Waals surface area (Å²) in [5.74, 6) is 0. The van der Waals surface area contributed by atoms with Crippen molar-refractivity contribution in [1.29, 1.82) is 0 Å². The monoisotopic (exact) mass is 226 g/mol. The van der Waals surface area contributed by atoms with Crippen molar-refractivity contribution in [2.45, 2.75) is 71.4 Å². The van der Waals surface area contributed by atoms with Crippen molar-refractivity contribution in [3.63, 3.8) is 0 Å². The van der Waals surface area contributed by atoms with Crippen LogP contribution in [0, 0.1) is 0 Å². The van der Waals surface area contributed by atoms with Crippen molar-refractivity contribution < 1.29 is 0 Å². The average Bonchev–Trinajstić information content (AvgIpc) is 2.74. The van der Waals surface area contributed by atoms with Gasteiger partial charge in [-0.05, 0) is 45.7 Å². The number of hydrogen-bond donors (Lipinski definition) is 1. The highest BCUT2D eigenvalue weighted by Gasteiger charge is 2.34. The fraction of sp³-hybridized carbons (Fsp3) is 1.00. The molecule has 0 radical (unpaired) electrons. The second-order valence-electron chi connectivity index (χ2n) is 5.38. The van der Waals surface area contributed by atoms with Crippen LogP contribution in [0.4, 0.5) is 0 Å². The second kappa shape index (κ2) is 6.61. The highest BCUT2D eigenvalue weighted by Crippen LogP contribution is 2.26. The van der Waals surface area contributed by atoms with Crippen LogP contribution in [-0.4, -0.2) is 36.1 Å². The number of nitrogens with one attached hydrogen (secondary N) is 1. The summed E-state index contributed by atoms with van der Waals surface area (Å²) in [5.41, 5.74) is 0.425. The van der Waals surface area contributed by atoms with Crippen molar-refractivity contribution in [2.24, 2.45) is 0 Å². The third-order valence-corrected chi connectivity index (χ3v) is 4.19. The molecule has 0 aliphatic carbocycles. The van der Waals surface area contributed by atoms with Gasteiger partial charge in [-0.25, -0.2) is 0 Å². The van der Waals surface area contributed by atoms with E-state index in [9.17, 15) is 0 Å². The van der Waals surface area contributed by atoms with Crippen molar-refractivity contribution in [3.05, 3.63) is 0 Å². The molecule has 1 aliphatic rings. The topological polar surface area (TPSA) is 15.3 Å². The van der Waals surface area contributed by atoms with Crippen molar-refractivity contribution in [3.8, 4) is 0 Å². The van der Waals surface area contributed by atoms with Crippen LogP contribution in [-0.2, 0) is 0 Å². The Morgan fingerprint density at radius 1 is 1.31 bits per heavy atom. The molecule has 2 atom stereocenters. The predicted octanol–water partition coefficient (Wildman–Crippen LogP) is 3.03. The Bertz CT molecular complexity index is 185. The van der Waals surface area contributed by atoms with E-state index in [0.29, 0.717) is 5.54 Å². The molecule has 1 fully saturated rings. The van der Waals surface area contributed by atoms with Gasteiger partial charge in [-0.2, -0.15) is 0 Å². The molecule has 0 saturated carbocycles. The Balaban J connectivity index is 2.58. The van der Waals surface area contributed by atoms with Crippen molar-refractivity contribution in [2.75, 3.05) is 19.6 Å². The molecule has 1 saturated heterocycles. The minimum Gasteiger partial charge on any atom is -0.310 e. The Kier molecular flexibility index (Phi) is 5.77. The van der Waals surface area contributed by atoms with E-state index in [2.05, 4.69) is 37.9 Å². The predicted molar refractivity (Wildman–Crippen MR) is 71.9 cm³/mol. The molecule has 0 amide bonds. The molecule has 2 unspecified atom stereocenters. The lowest BCUT2D eigenvalue weighted by Gasteiger charge is -2.38. The first kappa shape index (κ1) is 14.0. The molecule has 1 aliphatic heterocycles. The third kappa shape index (κ3) is 3.46. The van der Waals surface area contributed by atoms with Gasteiger partial charge in [-0.3, -0.25) is 4.90 Å². The van der Waals surface area contributed by atoms with Gasteiger partial charge in [0.15, 0.2) is 0 Å². The first-order chi connectivity index (χ1) is 7.67. The van der Waals surface area contributed by atoms with Crippen molar-refractivity contribution in [1.82, 2.24) is 10.2 Å². The molecule has 16 heavy (non-hydrogen) atoms. The maximum atomic E-state index is 3.77. The third-order valence-electron chi connectivity index (χ3n) is 4.19. The van der Waals surface area contributed by atoms with Gasteiger partial charge in [-0.15, -0.1) is 0 Å². The maximum Gasteiger partial charge on any atom is 0.0309 e. The minimum absolute atomic E-state index is 0.425. The van der Waals surface area contributed by atoms with Gasteiger partial charge in [0.05, 0.1) is 0 Å². The van der Waals surface area contributed by atoms with E-state index in [4.69, 9.17) is 0 Å². The SMILES string of the molecule is CCCC1(CN(CC)C(C)CC)CCCN1. The molecule has 0 spiro atoms. The molecule has 2 heteroatoms. The normalized spacial score (nSPS) is 27.6. The Morgan fingerprint density at radius 3 is 2.50 bits per heavy atom. The minimum atomic E-state index is 0.425. The van der Waals surface area contributed by atoms with Gasteiger partial charge in [0, 0.05) is 18.1 Å². The Labute approximate surface area is 102 Å². The average molecular weight is 226 g/mol. The van der Waals surface area contributed by atoms with Crippen LogP contribution in [0.2, 0.25) is 0 Å². The van der Waals surface area contributed by atoms with Gasteiger partial charge in [0.1, 0.15) is 0 Å². The summed E-state index contributed by atoms with van der Waals surface area (Å²) in [6.07, 6.45) is 6.62. The van der Waals surface area contributed by atoms with Crippen LogP contribution < -0.4 is 5.32 Å². The van der Waals surface area contributed by atoms with E-state index in [1.807, 2.05) is 0 Å². The lowest BCUT2D eigenvalue weighted by atomic mass is 9.90. The number of hydrogen-bond acceptors (Lipinski definition) is 2. The van der Waals surface area contributed by atoms with Gasteiger partial charge in [0.2, 0.25) is 0 Å². The standard InChI is InChI=1S/C14H30N2/c1-5-9-14(10-8-11-15-14)12-16(7-3)13(4)6-2/h13,15H,5-12H2,1-4H3. The molecule has 0 aromatic carbocycles. The Hall–Kier alpha value is -0.0800. The van der Waals surface area contributed by atoms with E-state index in [1.165, 1.54) is 51.7 Å². The van der Waals surface area contributed by atoms with Gasteiger partial charge in [0.25, 0.3) is 0 Å². The molecular weight excluding hydrogens is 196 g/mol. The zero-order valence-electron chi connectivity index (χ0n) is 11.7. The fourth-order valence-corrected chi connectivity index (χ4v) is 3.00. The zero-order valence-corrected chi connectivity index (χ0v) is 11.7. The summed E-state index contributed by atoms with van der Waals surface area (Å²) in [4.78, 5) is 2.65. The van der Waals surface area contributed by atoms with Crippen LogP contribution in [0.15, 0.2) is 0 Å². The molecule has 0 aromatic heterocycles. The summed E-state index contributed by atoms with van der Waals surface area (Å²) in [5, 5.41) is 3.77. The van der Waals surface area contributed by atoms with Gasteiger partial charge < -0.3 is 5.32 Å². The number of likely N-dealkylation sites (N-methyl/N-ethyl adjacent to an activating group) is 1. The second-order valence-corrected chi connectivity index (χ2v) is 5.38. The lowest BCUT2D eigenvalue weighted by molar-refractivity contribution is 0.146. The molecule has 1 rings (SSSR count). The lowest BCUT2D eigenvalue weighted by Crippen LogP contribution is -2.51. The molecule has 2 nitrogen and oxygen atoms in total. The fourth-order valence-electron chi connectivity index (χ4n) is 3.00. The summed E-state index contributed by atoms with van der Waals surface area (Å²) in [6, 6.07) is 0.723. The smallest absolute Gasteiger partial charge is 0.0309 e. The molecule has 1 N–H and O–H groups in total. The van der Waals surface area contributed by atoms with Crippen LogP contribution >= 0.6 is 0 Å². The van der Waals surface area contributed by atoms with Crippen LogP contribution in [0.5, 0.6) is 0 Å². The summed E-state index contributed by atoms with van der Waals surface area (Å²) in [7, 11) is 0. The first-order valence-corrected chi connectivity index (χ1v) is 7.16. The van der Waals surface area contributed by atoms with E-state index in [0.717, 1.165) is 6.04 Å². The highest BCUT2D eigenvalue weighted by atomic mass is 15.2. The molecule has 0 aromatic rings. The number of rotatable bonds is 7. The molecule has 1 heterocycles. The molecule has 96 valence electrons. The Morgan fingerprint density at radius 2 is 2.06 bits per heavy atom. The van der Waals surface area contributed by atoms with Crippen molar-refractivity contribution >= 4 is 0 Å². The molecule has 0 bridgehead atoms. The maximum absolute atomic E-state index is 3.77. The van der Waals surface area contributed by atoms with Gasteiger partial charge in [-0.1, -0.05) is 27.2 Å². The highest BCUT2D eigenvalue weighted by molar-refractivity contribution is 4.95. The summed E-state index contributed by atoms with van der Waals surface area (Å²) < 4.78 is 0. The molecular formula is C14H30N2.